The Morgan fingerprint density at radius 2 is 1.69 bits per heavy atom. The zero-order chi connectivity index (χ0) is 26.6. The van der Waals surface area contributed by atoms with E-state index < -0.39 is 0 Å². The van der Waals surface area contributed by atoms with Crippen molar-refractivity contribution in [3.8, 4) is 11.4 Å². The Balaban J connectivity index is 1.77. The first kappa shape index (κ1) is 27.8. The van der Waals surface area contributed by atoms with E-state index in [2.05, 4.69) is 10.4 Å². The minimum absolute atomic E-state index is 0.155. The molecule has 3 rings (SSSR count). The number of benzene rings is 2. The van der Waals surface area contributed by atoms with Gasteiger partial charge in [-0.05, 0) is 56.3 Å². The highest BCUT2D eigenvalue weighted by Crippen LogP contribution is 2.29. The van der Waals surface area contributed by atoms with Gasteiger partial charge in [0.05, 0.1) is 21.4 Å². The number of aromatic nitrogens is 2. The predicted octanol–water partition coefficient (Wildman–Crippen LogP) is 6.38. The molecular weight excluding hydrogens is 523 g/mol. The van der Waals surface area contributed by atoms with Crippen LogP contribution < -0.4 is 10.1 Å². The Hall–Kier alpha value is -2.74. The van der Waals surface area contributed by atoms with Crippen LogP contribution in [0.4, 0.5) is 5.82 Å². The Labute approximate surface area is 226 Å². The largest absolute Gasteiger partial charge is 0.484 e. The van der Waals surface area contributed by atoms with Crippen molar-refractivity contribution in [2.45, 2.75) is 46.1 Å². The van der Waals surface area contributed by atoms with Gasteiger partial charge in [-0.1, -0.05) is 55.6 Å². The average Bonchev–Trinajstić information content (AvgIpc) is 3.22. The SMILES string of the molecule is CC(C)N(CC(=O)Nc1cc(C(C)(C)C)nn1-c1ccc(Cl)c(Cl)c1)C(=O)COc1ccc(Cl)cc1. The van der Waals surface area contributed by atoms with Gasteiger partial charge in [-0.3, -0.25) is 9.59 Å². The van der Waals surface area contributed by atoms with Gasteiger partial charge in [0.15, 0.2) is 6.61 Å². The van der Waals surface area contributed by atoms with Crippen molar-refractivity contribution in [3.05, 3.63) is 69.3 Å². The third-order valence-corrected chi connectivity index (χ3v) is 6.32. The number of carbonyl (C=O) groups is 2. The second kappa shape index (κ2) is 11.5. The second-order valence-corrected chi connectivity index (χ2v) is 10.8. The van der Waals surface area contributed by atoms with E-state index in [1.165, 1.54) is 4.90 Å². The molecule has 0 aliphatic rings. The predicted molar refractivity (Wildman–Crippen MR) is 145 cm³/mol. The molecule has 0 saturated heterocycles. The molecule has 1 aromatic heterocycles. The average molecular weight is 552 g/mol. The summed E-state index contributed by atoms with van der Waals surface area (Å²) in [5, 5.41) is 8.94. The lowest BCUT2D eigenvalue weighted by Gasteiger charge is -2.26. The maximum atomic E-state index is 13.1. The molecule has 192 valence electrons. The van der Waals surface area contributed by atoms with Crippen LogP contribution >= 0.6 is 34.8 Å². The van der Waals surface area contributed by atoms with Gasteiger partial charge in [-0.25, -0.2) is 4.68 Å². The van der Waals surface area contributed by atoms with Crippen molar-refractivity contribution >= 4 is 52.4 Å². The Morgan fingerprint density at radius 3 is 2.28 bits per heavy atom. The molecule has 36 heavy (non-hydrogen) atoms. The first-order valence-electron chi connectivity index (χ1n) is 11.4. The number of hydrogen-bond donors (Lipinski definition) is 1. The number of halogens is 3. The molecule has 10 heteroatoms. The van der Waals surface area contributed by atoms with Gasteiger partial charge in [-0.15, -0.1) is 0 Å². The Bertz CT molecular complexity index is 1230. The van der Waals surface area contributed by atoms with Crippen LogP contribution in [0.3, 0.4) is 0 Å². The first-order valence-corrected chi connectivity index (χ1v) is 12.5. The standard InChI is InChI=1S/C26H29Cl3N4O3/c1-16(2)32(25(35)15-36-19-9-6-17(27)7-10-19)14-24(34)30-23-13-22(26(3,4)5)31-33(23)18-8-11-20(28)21(29)12-18/h6-13,16H,14-15H2,1-5H3,(H,30,34). The molecule has 0 bridgehead atoms. The highest BCUT2D eigenvalue weighted by atomic mass is 35.5. The van der Waals surface area contributed by atoms with Crippen LogP contribution in [0.15, 0.2) is 48.5 Å². The fourth-order valence-corrected chi connectivity index (χ4v) is 3.72. The molecule has 0 aliphatic carbocycles. The smallest absolute Gasteiger partial charge is 0.261 e. The summed E-state index contributed by atoms with van der Waals surface area (Å²) in [4.78, 5) is 27.4. The van der Waals surface area contributed by atoms with Crippen molar-refractivity contribution in [1.29, 1.82) is 0 Å². The normalized spacial score (nSPS) is 11.5. The molecule has 1 N–H and O–H groups in total. The van der Waals surface area contributed by atoms with Crippen molar-refractivity contribution < 1.29 is 14.3 Å². The molecule has 3 aromatic rings. The van der Waals surface area contributed by atoms with E-state index in [1.807, 2.05) is 40.7 Å². The lowest BCUT2D eigenvalue weighted by Crippen LogP contribution is -2.44. The fraction of sp³-hybridized carbons (Fsp3) is 0.346. The van der Waals surface area contributed by atoms with E-state index in [0.29, 0.717) is 32.3 Å². The molecule has 0 radical (unpaired) electrons. The number of hydrogen-bond acceptors (Lipinski definition) is 4. The summed E-state index contributed by atoms with van der Waals surface area (Å²) in [6.07, 6.45) is 0. The molecule has 0 unspecified atom stereocenters. The number of nitrogens with zero attached hydrogens (tertiary/aromatic N) is 3. The van der Waals surface area contributed by atoms with Gasteiger partial charge < -0.3 is 15.0 Å². The van der Waals surface area contributed by atoms with Crippen LogP contribution in [0.2, 0.25) is 15.1 Å². The molecule has 0 atom stereocenters. The van der Waals surface area contributed by atoms with Crippen molar-refractivity contribution in [2.75, 3.05) is 18.5 Å². The minimum Gasteiger partial charge on any atom is -0.484 e. The van der Waals surface area contributed by atoms with Crippen molar-refractivity contribution in [1.82, 2.24) is 14.7 Å². The number of ether oxygens (including phenoxy) is 1. The van der Waals surface area contributed by atoms with Crippen LogP contribution in [0.1, 0.15) is 40.3 Å². The molecule has 0 aliphatic heterocycles. The third kappa shape index (κ3) is 7.15. The highest BCUT2D eigenvalue weighted by Gasteiger charge is 2.24. The van der Waals surface area contributed by atoms with E-state index in [1.54, 1.807) is 47.1 Å². The summed E-state index contributed by atoms with van der Waals surface area (Å²) >= 11 is 18.2. The van der Waals surface area contributed by atoms with Crippen molar-refractivity contribution in [2.24, 2.45) is 0 Å². The lowest BCUT2D eigenvalue weighted by atomic mass is 9.92. The van der Waals surface area contributed by atoms with Gasteiger partial charge in [-0.2, -0.15) is 5.10 Å². The van der Waals surface area contributed by atoms with Crippen LogP contribution in [0, 0.1) is 0 Å². The summed E-state index contributed by atoms with van der Waals surface area (Å²) in [5.74, 6) is 0.284. The van der Waals surface area contributed by atoms with E-state index in [4.69, 9.17) is 39.5 Å². The Morgan fingerprint density at radius 1 is 1.03 bits per heavy atom. The number of rotatable bonds is 8. The summed E-state index contributed by atoms with van der Waals surface area (Å²) in [5.41, 5.74) is 1.15. The van der Waals surface area contributed by atoms with Gasteiger partial charge in [0.2, 0.25) is 5.91 Å². The molecule has 2 aromatic carbocycles. The van der Waals surface area contributed by atoms with Crippen LogP contribution in [0.25, 0.3) is 5.69 Å². The topological polar surface area (TPSA) is 76.5 Å². The highest BCUT2D eigenvalue weighted by molar-refractivity contribution is 6.42. The molecule has 7 nitrogen and oxygen atoms in total. The van der Waals surface area contributed by atoms with Gasteiger partial charge >= 0.3 is 0 Å². The molecule has 2 amide bonds. The third-order valence-electron chi connectivity index (χ3n) is 5.33. The summed E-state index contributed by atoms with van der Waals surface area (Å²) in [6, 6.07) is 13.4. The molecule has 0 fully saturated rings. The lowest BCUT2D eigenvalue weighted by molar-refractivity contribution is -0.138. The number of carbonyl (C=O) groups excluding carboxylic acids is 2. The zero-order valence-electron chi connectivity index (χ0n) is 20.8. The van der Waals surface area contributed by atoms with E-state index in [-0.39, 0.29) is 36.4 Å². The van der Waals surface area contributed by atoms with Crippen LogP contribution in [-0.4, -0.2) is 45.7 Å². The first-order chi connectivity index (χ1) is 16.8. The quantitative estimate of drug-likeness (QED) is 0.352. The summed E-state index contributed by atoms with van der Waals surface area (Å²) in [7, 11) is 0. The maximum absolute atomic E-state index is 13.1. The van der Waals surface area contributed by atoms with Gasteiger partial charge in [0.25, 0.3) is 5.91 Å². The second-order valence-electron chi connectivity index (χ2n) is 9.58. The monoisotopic (exact) mass is 550 g/mol. The summed E-state index contributed by atoms with van der Waals surface area (Å²) in [6.45, 7) is 9.40. The molecule has 0 spiro atoms. The van der Waals surface area contributed by atoms with E-state index in [0.717, 1.165) is 5.69 Å². The van der Waals surface area contributed by atoms with Gasteiger partial charge in [0.1, 0.15) is 18.1 Å². The minimum atomic E-state index is -0.370. The van der Waals surface area contributed by atoms with E-state index >= 15 is 0 Å². The molecular formula is C26H29Cl3N4O3. The number of anilines is 1. The maximum Gasteiger partial charge on any atom is 0.261 e. The summed E-state index contributed by atoms with van der Waals surface area (Å²) < 4.78 is 7.18. The van der Waals surface area contributed by atoms with Crippen molar-refractivity contribution in [3.63, 3.8) is 0 Å². The molecule has 1 heterocycles. The van der Waals surface area contributed by atoms with Crippen LogP contribution in [0.5, 0.6) is 5.75 Å². The Kier molecular flexibility index (Phi) is 8.93. The number of amides is 2. The molecule has 0 saturated carbocycles. The van der Waals surface area contributed by atoms with Crippen LogP contribution in [-0.2, 0) is 15.0 Å². The number of nitrogens with one attached hydrogen (secondary N) is 1. The fourth-order valence-electron chi connectivity index (χ4n) is 3.30. The van der Waals surface area contributed by atoms with E-state index in [9.17, 15) is 9.59 Å². The van der Waals surface area contributed by atoms with Gasteiger partial charge in [0, 0.05) is 22.5 Å². The zero-order valence-corrected chi connectivity index (χ0v) is 23.1.